The molecule has 0 aliphatic rings. The molecular weight excluding hydrogens is 450 g/mol. The molecule has 2 atom stereocenters. The third kappa shape index (κ3) is 6.25. The normalized spacial score (nSPS) is 12.4. The van der Waals surface area contributed by atoms with Gasteiger partial charge in [-0.15, -0.1) is 0 Å². The Labute approximate surface area is 192 Å². The van der Waals surface area contributed by atoms with Gasteiger partial charge < -0.3 is 29.2 Å². The molecule has 34 heavy (non-hydrogen) atoms. The van der Waals surface area contributed by atoms with Crippen LogP contribution in [0.1, 0.15) is 46.3 Å². The molecule has 0 spiro atoms. The van der Waals surface area contributed by atoms with Gasteiger partial charge in [-0.05, 0) is 39.8 Å². The van der Waals surface area contributed by atoms with Gasteiger partial charge in [0, 0.05) is 12.1 Å². The Hall–Kier alpha value is -4.55. The van der Waals surface area contributed by atoms with Crippen LogP contribution in [0, 0.1) is 13.8 Å². The maximum atomic E-state index is 12.4. The first-order chi connectivity index (χ1) is 16.1. The van der Waals surface area contributed by atoms with Crippen LogP contribution in [0.25, 0.3) is 0 Å². The second-order valence-electron chi connectivity index (χ2n) is 7.13. The molecule has 0 aromatic carbocycles. The topological polar surface area (TPSA) is 176 Å². The van der Waals surface area contributed by atoms with E-state index in [-0.39, 0.29) is 23.0 Å². The second kappa shape index (κ2) is 10.4. The lowest BCUT2D eigenvalue weighted by Gasteiger charge is -2.13. The zero-order valence-corrected chi connectivity index (χ0v) is 18.6. The number of esters is 2. The molecule has 0 aliphatic carbocycles. The predicted molar refractivity (Wildman–Crippen MR) is 114 cm³/mol. The molecule has 0 fully saturated rings. The lowest BCUT2D eigenvalue weighted by Crippen LogP contribution is -2.31. The van der Waals surface area contributed by atoms with Crippen molar-refractivity contribution in [3.63, 3.8) is 0 Å². The van der Waals surface area contributed by atoms with Crippen molar-refractivity contribution >= 4 is 35.4 Å². The van der Waals surface area contributed by atoms with Gasteiger partial charge in [0.05, 0.1) is 0 Å². The first-order valence-electron chi connectivity index (χ1n) is 9.99. The van der Waals surface area contributed by atoms with Gasteiger partial charge >= 0.3 is 11.9 Å². The number of pyridine rings is 1. The fourth-order valence-corrected chi connectivity index (χ4v) is 2.52. The van der Waals surface area contributed by atoms with Crippen LogP contribution in [0.3, 0.4) is 0 Å². The van der Waals surface area contributed by atoms with Gasteiger partial charge in [-0.1, -0.05) is 16.4 Å². The number of aromatic nitrogens is 3. The lowest BCUT2D eigenvalue weighted by atomic mass is 10.3. The molecule has 0 bridgehead atoms. The number of anilines is 2. The lowest BCUT2D eigenvalue weighted by molar-refractivity contribution is -0.124. The molecular formula is C21H21N5O8. The van der Waals surface area contributed by atoms with E-state index < -0.39 is 36.0 Å². The molecule has 178 valence electrons. The van der Waals surface area contributed by atoms with Crippen LogP contribution in [-0.4, -0.2) is 51.3 Å². The molecule has 3 rings (SSSR count). The number of hydrogen-bond donors (Lipinski definition) is 2. The van der Waals surface area contributed by atoms with Crippen molar-refractivity contribution < 1.29 is 37.7 Å². The van der Waals surface area contributed by atoms with Crippen LogP contribution in [0.2, 0.25) is 0 Å². The van der Waals surface area contributed by atoms with E-state index in [1.54, 1.807) is 13.8 Å². The first-order valence-corrected chi connectivity index (χ1v) is 9.99. The average Bonchev–Trinajstić information content (AvgIpc) is 3.40. The van der Waals surface area contributed by atoms with Gasteiger partial charge in [0.25, 0.3) is 11.8 Å². The monoisotopic (exact) mass is 471 g/mol. The van der Waals surface area contributed by atoms with E-state index in [1.807, 2.05) is 0 Å². The van der Waals surface area contributed by atoms with Crippen molar-refractivity contribution in [1.29, 1.82) is 0 Å². The largest absolute Gasteiger partial charge is 0.448 e. The van der Waals surface area contributed by atoms with Crippen LogP contribution in [0.5, 0.6) is 0 Å². The second-order valence-corrected chi connectivity index (χ2v) is 7.13. The van der Waals surface area contributed by atoms with Crippen molar-refractivity contribution in [1.82, 2.24) is 15.3 Å². The maximum Gasteiger partial charge on any atom is 0.357 e. The van der Waals surface area contributed by atoms with Crippen molar-refractivity contribution in [2.24, 2.45) is 0 Å². The number of rotatable bonds is 8. The third-order valence-corrected chi connectivity index (χ3v) is 4.23. The standard InChI is InChI=1S/C21H21N5O8/c1-10-8-16(25-33-10)23-18(27)12(3)31-20(29)14-6-5-7-15(22-14)21(30)32-13(4)19(28)24-17-9-11(2)34-26-17/h5-9,12-13H,1-4H3,(H,23,25,27)(H,24,26,28)/t12-,13-/m1/s1. The molecule has 3 aromatic heterocycles. The zero-order valence-electron chi connectivity index (χ0n) is 18.6. The smallest absolute Gasteiger partial charge is 0.357 e. The van der Waals surface area contributed by atoms with E-state index in [2.05, 4.69) is 25.9 Å². The SMILES string of the molecule is Cc1cc(NC(=O)[C@@H](C)OC(=O)c2cccc(C(=O)O[C@H](C)C(=O)Nc3cc(C)on3)n2)no1. The molecule has 2 amide bonds. The highest BCUT2D eigenvalue weighted by Crippen LogP contribution is 2.11. The fourth-order valence-electron chi connectivity index (χ4n) is 2.52. The van der Waals surface area contributed by atoms with Crippen molar-refractivity contribution in [2.45, 2.75) is 39.9 Å². The minimum Gasteiger partial charge on any atom is -0.448 e. The molecule has 3 heterocycles. The Morgan fingerprint density at radius 2 is 1.21 bits per heavy atom. The molecule has 3 aromatic rings. The van der Waals surface area contributed by atoms with E-state index in [4.69, 9.17) is 18.5 Å². The summed E-state index contributed by atoms with van der Waals surface area (Å²) in [7, 11) is 0. The molecule has 0 aliphatic heterocycles. The Balaban J connectivity index is 1.57. The molecule has 0 saturated carbocycles. The van der Waals surface area contributed by atoms with E-state index in [9.17, 15) is 19.2 Å². The van der Waals surface area contributed by atoms with Gasteiger partial charge in [-0.25, -0.2) is 14.6 Å². The number of carbonyl (C=O) groups is 4. The number of amides is 2. The fraction of sp³-hybridized carbons (Fsp3) is 0.286. The summed E-state index contributed by atoms with van der Waals surface area (Å²) in [6, 6.07) is 6.97. The average molecular weight is 471 g/mol. The summed E-state index contributed by atoms with van der Waals surface area (Å²) >= 11 is 0. The predicted octanol–water partition coefficient (Wildman–Crippen LogP) is 2.04. The van der Waals surface area contributed by atoms with Crippen molar-refractivity contribution in [2.75, 3.05) is 10.6 Å². The van der Waals surface area contributed by atoms with Crippen LogP contribution in [-0.2, 0) is 19.1 Å². The summed E-state index contributed by atoms with van der Waals surface area (Å²) in [4.78, 5) is 53.0. The van der Waals surface area contributed by atoms with Crippen LogP contribution in [0.15, 0.2) is 39.4 Å². The van der Waals surface area contributed by atoms with Crippen molar-refractivity contribution in [3.8, 4) is 0 Å². The first kappa shape index (κ1) is 24.1. The van der Waals surface area contributed by atoms with E-state index in [0.29, 0.717) is 11.5 Å². The quantitative estimate of drug-likeness (QED) is 0.460. The van der Waals surface area contributed by atoms with Crippen molar-refractivity contribution in [3.05, 3.63) is 53.2 Å². The van der Waals surface area contributed by atoms with Crippen LogP contribution >= 0.6 is 0 Å². The molecule has 13 nitrogen and oxygen atoms in total. The molecule has 0 radical (unpaired) electrons. The summed E-state index contributed by atoms with van der Waals surface area (Å²) in [5, 5.41) is 12.1. The van der Waals surface area contributed by atoms with E-state index in [1.165, 1.54) is 44.2 Å². The Morgan fingerprint density at radius 1 is 0.794 bits per heavy atom. The number of carbonyl (C=O) groups excluding carboxylic acids is 4. The van der Waals surface area contributed by atoms with Gasteiger partial charge in [0.2, 0.25) is 0 Å². The highest BCUT2D eigenvalue weighted by atomic mass is 16.6. The van der Waals surface area contributed by atoms with Gasteiger partial charge in [0.15, 0.2) is 23.8 Å². The van der Waals surface area contributed by atoms with Gasteiger partial charge in [-0.3, -0.25) is 9.59 Å². The summed E-state index contributed by atoms with van der Waals surface area (Å²) < 4.78 is 19.9. The zero-order chi connectivity index (χ0) is 24.8. The van der Waals surface area contributed by atoms with Gasteiger partial charge in [-0.2, -0.15) is 0 Å². The maximum absolute atomic E-state index is 12.4. The number of hydrogen-bond acceptors (Lipinski definition) is 11. The third-order valence-electron chi connectivity index (χ3n) is 4.23. The minimum atomic E-state index is -1.19. The highest BCUT2D eigenvalue weighted by Gasteiger charge is 2.24. The summed E-state index contributed by atoms with van der Waals surface area (Å²) in [5.74, 6) is -1.84. The molecule has 0 saturated heterocycles. The molecule has 0 unspecified atom stereocenters. The summed E-state index contributed by atoms with van der Waals surface area (Å²) in [6.07, 6.45) is -2.38. The number of aryl methyl sites for hydroxylation is 2. The van der Waals surface area contributed by atoms with Gasteiger partial charge in [0.1, 0.15) is 22.9 Å². The number of nitrogens with zero attached hydrogens (tertiary/aromatic N) is 3. The van der Waals surface area contributed by atoms with E-state index >= 15 is 0 Å². The summed E-state index contributed by atoms with van der Waals surface area (Å²) in [5.41, 5.74) is -0.469. The Bertz CT molecular complexity index is 1130. The molecule has 13 heteroatoms. The van der Waals surface area contributed by atoms with Crippen LogP contribution in [0.4, 0.5) is 11.6 Å². The Kier molecular flexibility index (Phi) is 7.36. The summed E-state index contributed by atoms with van der Waals surface area (Å²) in [6.45, 7) is 6.02. The Morgan fingerprint density at radius 3 is 1.56 bits per heavy atom. The van der Waals surface area contributed by atoms with E-state index in [0.717, 1.165) is 0 Å². The number of ether oxygens (including phenoxy) is 2. The molecule has 2 N–H and O–H groups in total. The minimum absolute atomic E-state index is 0.171. The highest BCUT2D eigenvalue weighted by molar-refractivity contribution is 5.98. The van der Waals surface area contributed by atoms with Crippen LogP contribution < -0.4 is 10.6 Å². The number of nitrogens with one attached hydrogen (secondary N) is 2.